The highest BCUT2D eigenvalue weighted by atomic mass is 32.2. The van der Waals surface area contributed by atoms with Gasteiger partial charge in [0.1, 0.15) is 23.7 Å². The van der Waals surface area contributed by atoms with Gasteiger partial charge in [-0.1, -0.05) is 6.92 Å². The third kappa shape index (κ3) is 5.44. The lowest BCUT2D eigenvalue weighted by Crippen LogP contribution is -2.28. The molecule has 0 radical (unpaired) electrons. The average Bonchev–Trinajstić information content (AvgIpc) is 2.71. The number of ether oxygens (including phenoxy) is 2. The van der Waals surface area contributed by atoms with Crippen LogP contribution in [0.5, 0.6) is 5.75 Å². The lowest BCUT2D eigenvalue weighted by atomic mass is 10.1. The molecule has 1 aromatic heterocycles. The number of methoxy groups -OCH3 is 1. The lowest BCUT2D eigenvalue weighted by molar-refractivity contribution is -0.148. The van der Waals surface area contributed by atoms with Crippen molar-refractivity contribution >= 4 is 49.6 Å². The first kappa shape index (κ1) is 23.3. The summed E-state index contributed by atoms with van der Waals surface area (Å²) in [5.41, 5.74) is 2.48. The quantitative estimate of drug-likeness (QED) is 0.389. The zero-order valence-electron chi connectivity index (χ0n) is 18.3. The summed E-state index contributed by atoms with van der Waals surface area (Å²) in [5, 5.41) is 3.88. The molecule has 32 heavy (non-hydrogen) atoms. The molecule has 2 atom stereocenters. The minimum atomic E-state index is -2.45. The van der Waals surface area contributed by atoms with Crippen molar-refractivity contribution in [1.29, 1.82) is 0 Å². The number of nitrogens with zero attached hydrogens (tertiary/aromatic N) is 2. The van der Waals surface area contributed by atoms with Gasteiger partial charge in [0.2, 0.25) is 0 Å². The molecular weight excluding hydrogens is 435 g/mol. The third-order valence-corrected chi connectivity index (χ3v) is 5.24. The topological polar surface area (TPSA) is 102 Å². The van der Waals surface area contributed by atoms with E-state index < -0.39 is 27.6 Å². The highest BCUT2D eigenvalue weighted by Gasteiger charge is 2.21. The molecule has 0 aliphatic carbocycles. The van der Waals surface area contributed by atoms with E-state index in [1.54, 1.807) is 13.0 Å². The van der Waals surface area contributed by atoms with Gasteiger partial charge in [-0.3, -0.25) is 0 Å². The predicted octanol–water partition coefficient (Wildman–Crippen LogP) is 3.82. The van der Waals surface area contributed by atoms with Gasteiger partial charge in [-0.15, -0.1) is 0 Å². The first-order chi connectivity index (χ1) is 15.1. The predicted molar refractivity (Wildman–Crippen MR) is 125 cm³/mol. The van der Waals surface area contributed by atoms with Gasteiger partial charge in [0, 0.05) is 33.1 Å². The van der Waals surface area contributed by atoms with Gasteiger partial charge in [-0.2, -0.15) is 0 Å². The summed E-state index contributed by atoms with van der Waals surface area (Å²) in [7, 11) is -1.19. The van der Waals surface area contributed by atoms with Crippen molar-refractivity contribution in [2.24, 2.45) is 0 Å². The van der Waals surface area contributed by atoms with Crippen LogP contribution in [0.3, 0.4) is 0 Å². The van der Waals surface area contributed by atoms with Crippen molar-refractivity contribution in [3.63, 3.8) is 0 Å². The second-order valence-electron chi connectivity index (χ2n) is 7.32. The van der Waals surface area contributed by atoms with Gasteiger partial charge in [0.25, 0.3) is 0 Å². The number of fused-ring (bicyclic) bond motifs is 1. The molecule has 0 aliphatic heterocycles. The maximum absolute atomic E-state index is 13.9. The fraction of sp³-hybridized carbons (Fsp3) is 0.273. The van der Waals surface area contributed by atoms with Crippen LogP contribution in [0.2, 0.25) is 0 Å². The summed E-state index contributed by atoms with van der Waals surface area (Å²) in [5.74, 6) is 3.16. The Bertz CT molecular complexity index is 1260. The lowest BCUT2D eigenvalue weighted by Gasteiger charge is -2.19. The summed E-state index contributed by atoms with van der Waals surface area (Å²) in [6.07, 6.45) is 2.36. The van der Waals surface area contributed by atoms with Gasteiger partial charge in [0.05, 0.1) is 18.3 Å². The zero-order valence-corrected chi connectivity index (χ0v) is 19.1. The summed E-state index contributed by atoms with van der Waals surface area (Å²) >= 11 is 0. The minimum absolute atomic E-state index is 0.146. The molecule has 170 valence electrons. The number of nitrogens with one attached hydrogen (secondary N) is 2. The van der Waals surface area contributed by atoms with Crippen molar-refractivity contribution < 1.29 is 22.9 Å². The van der Waals surface area contributed by atoms with E-state index in [2.05, 4.69) is 25.9 Å². The van der Waals surface area contributed by atoms with Crippen molar-refractivity contribution in [2.45, 2.75) is 26.4 Å². The Hall–Kier alpha value is -3.40. The van der Waals surface area contributed by atoms with Crippen LogP contribution in [0.4, 0.5) is 21.6 Å². The first-order valence-corrected chi connectivity index (χ1v) is 11.9. The molecule has 2 N–H and O–H groups in total. The highest BCUT2D eigenvalue weighted by Crippen LogP contribution is 2.33. The number of esters is 1. The highest BCUT2D eigenvalue weighted by molar-refractivity contribution is 8.00. The Morgan fingerprint density at radius 1 is 1.28 bits per heavy atom. The van der Waals surface area contributed by atoms with E-state index in [-0.39, 0.29) is 5.75 Å². The van der Waals surface area contributed by atoms with Crippen molar-refractivity contribution in [2.75, 3.05) is 23.4 Å². The molecule has 1 heterocycles. The summed E-state index contributed by atoms with van der Waals surface area (Å²) in [6.45, 7) is 3.64. The van der Waals surface area contributed by atoms with Crippen LogP contribution in [0, 0.1) is 12.7 Å². The van der Waals surface area contributed by atoms with E-state index in [9.17, 15) is 13.4 Å². The summed E-state index contributed by atoms with van der Waals surface area (Å²) < 4.78 is 39.3. The molecule has 3 rings (SSSR count). The fourth-order valence-corrected chi connectivity index (χ4v) is 3.82. The Labute approximate surface area is 186 Å². The fourth-order valence-electron chi connectivity index (χ4n) is 3.20. The van der Waals surface area contributed by atoms with Gasteiger partial charge >= 0.3 is 5.97 Å². The molecule has 0 aliphatic rings. The SMILES string of the molecule is C=S(C)(=O)Nc1cc(C)c2c(Nc3ccc(F)cc3OC(CC)C(=O)OC)ncnc2c1. The van der Waals surface area contributed by atoms with E-state index >= 15 is 0 Å². The van der Waals surface area contributed by atoms with Crippen LogP contribution in [0.15, 0.2) is 36.7 Å². The number of anilines is 3. The molecule has 0 spiro atoms. The van der Waals surface area contributed by atoms with Crippen molar-refractivity contribution in [3.05, 3.63) is 48.0 Å². The minimum Gasteiger partial charge on any atom is -0.476 e. The van der Waals surface area contributed by atoms with E-state index in [0.29, 0.717) is 29.1 Å². The van der Waals surface area contributed by atoms with Crippen molar-refractivity contribution in [1.82, 2.24) is 9.97 Å². The van der Waals surface area contributed by atoms with Gasteiger partial charge < -0.3 is 19.5 Å². The molecular formula is C22H25FN4O4S. The first-order valence-electron chi connectivity index (χ1n) is 9.77. The van der Waals surface area contributed by atoms with Gasteiger partial charge in [-0.05, 0) is 49.0 Å². The number of hydrogen-bond donors (Lipinski definition) is 2. The molecule has 8 nitrogen and oxygen atoms in total. The van der Waals surface area contributed by atoms with Crippen LogP contribution < -0.4 is 14.8 Å². The third-order valence-electron chi connectivity index (χ3n) is 4.57. The molecule has 0 saturated carbocycles. The van der Waals surface area contributed by atoms with E-state index in [1.165, 1.54) is 37.9 Å². The molecule has 10 heteroatoms. The Kier molecular flexibility index (Phi) is 6.83. The Morgan fingerprint density at radius 3 is 2.69 bits per heavy atom. The van der Waals surface area contributed by atoms with Crippen LogP contribution >= 0.6 is 0 Å². The number of halogens is 1. The zero-order chi connectivity index (χ0) is 23.5. The molecule has 2 unspecified atom stereocenters. The molecule has 0 saturated heterocycles. The molecule has 0 bridgehead atoms. The molecule has 0 fully saturated rings. The molecule has 0 amide bonds. The second-order valence-corrected chi connectivity index (χ2v) is 9.53. The number of carbonyl (C=O) groups is 1. The Balaban J connectivity index is 2.02. The summed E-state index contributed by atoms with van der Waals surface area (Å²) in [4.78, 5) is 20.6. The monoisotopic (exact) mass is 460 g/mol. The second kappa shape index (κ2) is 9.39. The maximum atomic E-state index is 13.9. The van der Waals surface area contributed by atoms with Gasteiger partial charge in [0.15, 0.2) is 6.10 Å². The number of aryl methyl sites for hydroxylation is 1. The normalized spacial score (nSPS) is 13.8. The molecule has 2 aromatic carbocycles. The summed E-state index contributed by atoms with van der Waals surface area (Å²) in [6, 6.07) is 7.54. The van der Waals surface area contributed by atoms with Crippen molar-refractivity contribution in [3.8, 4) is 5.75 Å². The van der Waals surface area contributed by atoms with Crippen LogP contribution in [0.1, 0.15) is 18.9 Å². The van der Waals surface area contributed by atoms with E-state index in [0.717, 1.165) is 10.9 Å². The number of aromatic nitrogens is 2. The number of benzene rings is 2. The number of rotatable bonds is 8. The number of hydrogen-bond acceptors (Lipinski definition) is 7. The van der Waals surface area contributed by atoms with E-state index in [4.69, 9.17) is 9.47 Å². The molecule has 3 aromatic rings. The van der Waals surface area contributed by atoms with Gasteiger partial charge in [-0.25, -0.2) is 23.4 Å². The van der Waals surface area contributed by atoms with E-state index in [1.807, 2.05) is 13.0 Å². The maximum Gasteiger partial charge on any atom is 0.347 e. The van der Waals surface area contributed by atoms with Crippen LogP contribution in [-0.4, -0.2) is 45.5 Å². The average molecular weight is 461 g/mol. The van der Waals surface area contributed by atoms with Crippen LogP contribution in [0.25, 0.3) is 10.9 Å². The smallest absolute Gasteiger partial charge is 0.347 e. The van der Waals surface area contributed by atoms with Crippen LogP contribution in [-0.2, 0) is 19.2 Å². The Morgan fingerprint density at radius 2 is 2.03 bits per heavy atom. The number of carbonyl (C=O) groups excluding carboxylic acids is 1. The standard InChI is InChI=1S/C22H25FN4O4S/c1-6-18(22(28)30-3)31-19-10-14(23)7-8-16(19)26-21-20-13(2)9-15(27-32(4,5)29)11-17(20)24-12-25-21/h7-12,18H,4,6H2,1-3,5H3,(H,27,29)(H,24,25,26). The largest absolute Gasteiger partial charge is 0.476 e.